The molecule has 0 saturated heterocycles. The predicted molar refractivity (Wildman–Crippen MR) is 40.3 cm³/mol. The zero-order chi connectivity index (χ0) is 6.95. The van der Waals surface area contributed by atoms with Crippen LogP contribution >= 0.6 is 0 Å². The Labute approximate surface area is 56.7 Å². The molecule has 0 heterocycles. The van der Waals surface area contributed by atoms with Gasteiger partial charge in [0.2, 0.25) is 0 Å². The first-order valence-corrected chi connectivity index (χ1v) is 3.28. The highest BCUT2D eigenvalue weighted by Crippen LogP contribution is 1.91. The van der Waals surface area contributed by atoms with Gasteiger partial charge < -0.3 is 5.11 Å². The van der Waals surface area contributed by atoms with Gasteiger partial charge in [-0.05, 0) is 19.3 Å². The minimum atomic E-state index is 0.290. The molecule has 9 heavy (non-hydrogen) atoms. The molecule has 52 valence electrons. The van der Waals surface area contributed by atoms with Crippen LogP contribution in [-0.2, 0) is 0 Å². The summed E-state index contributed by atoms with van der Waals surface area (Å²) < 4.78 is 0. The van der Waals surface area contributed by atoms with Crippen molar-refractivity contribution < 1.29 is 5.11 Å². The second-order valence-electron chi connectivity index (χ2n) is 1.86. The molecule has 0 rings (SSSR count). The molecule has 0 fully saturated rings. The minimum Gasteiger partial charge on any atom is -0.396 e. The average Bonchev–Trinajstić information content (AvgIpc) is 1.89. The van der Waals surface area contributed by atoms with Crippen molar-refractivity contribution in [3.63, 3.8) is 0 Å². The topological polar surface area (TPSA) is 20.2 Å². The maximum atomic E-state index is 8.37. The lowest BCUT2D eigenvalue weighted by molar-refractivity contribution is 0.289. The molecule has 0 aromatic rings. The van der Waals surface area contributed by atoms with Crippen LogP contribution in [0.3, 0.4) is 0 Å². The fourth-order valence-corrected chi connectivity index (χ4v) is 0.519. The fraction of sp³-hybridized carbons (Fsp3) is 0.500. The summed E-state index contributed by atoms with van der Waals surface area (Å²) in [5.74, 6) is 0. The largest absolute Gasteiger partial charge is 0.396 e. The van der Waals surface area contributed by atoms with Crippen LogP contribution in [0, 0.1) is 0 Å². The number of hydrogen-bond acceptors (Lipinski definition) is 1. The van der Waals surface area contributed by atoms with Crippen LogP contribution in [0.25, 0.3) is 0 Å². The Morgan fingerprint density at radius 1 is 1.33 bits per heavy atom. The van der Waals surface area contributed by atoms with Crippen LogP contribution in [0.1, 0.15) is 19.3 Å². The van der Waals surface area contributed by atoms with Crippen LogP contribution in [0.2, 0.25) is 0 Å². The van der Waals surface area contributed by atoms with E-state index >= 15 is 0 Å². The van der Waals surface area contributed by atoms with E-state index in [1.165, 1.54) is 0 Å². The van der Waals surface area contributed by atoms with E-state index in [-0.39, 0.29) is 0 Å². The summed E-state index contributed by atoms with van der Waals surface area (Å²) in [7, 11) is 0. The molecule has 0 aromatic heterocycles. The third kappa shape index (κ3) is 7.44. The number of aliphatic hydroxyl groups is 1. The quantitative estimate of drug-likeness (QED) is 0.440. The Hall–Kier alpha value is -0.560. The summed E-state index contributed by atoms with van der Waals surface area (Å²) in [6, 6.07) is 0. The predicted octanol–water partition coefficient (Wildman–Crippen LogP) is 1.89. The van der Waals surface area contributed by atoms with E-state index in [0.29, 0.717) is 6.61 Å². The van der Waals surface area contributed by atoms with Crippen molar-refractivity contribution in [2.24, 2.45) is 0 Å². The highest BCUT2D eigenvalue weighted by molar-refractivity contribution is 4.87. The van der Waals surface area contributed by atoms with Crippen LogP contribution in [-0.4, -0.2) is 11.7 Å². The lowest BCUT2D eigenvalue weighted by atomic mass is 10.3. The number of hydrogen-bond donors (Lipinski definition) is 1. The van der Waals surface area contributed by atoms with Gasteiger partial charge in [0.1, 0.15) is 0 Å². The fourth-order valence-electron chi connectivity index (χ4n) is 0.519. The Balaban J connectivity index is 2.94. The van der Waals surface area contributed by atoms with Gasteiger partial charge in [-0.3, -0.25) is 0 Å². The summed E-state index contributed by atoms with van der Waals surface area (Å²) in [4.78, 5) is 0. The zero-order valence-electron chi connectivity index (χ0n) is 5.71. The van der Waals surface area contributed by atoms with Crippen LogP contribution in [0.4, 0.5) is 0 Å². The molecule has 0 bridgehead atoms. The minimum absolute atomic E-state index is 0.290. The maximum Gasteiger partial charge on any atom is 0.0433 e. The number of allylic oxidation sites excluding steroid dienone is 3. The average molecular weight is 126 g/mol. The van der Waals surface area contributed by atoms with Crippen molar-refractivity contribution in [1.82, 2.24) is 0 Å². The van der Waals surface area contributed by atoms with E-state index < -0.39 is 0 Å². The van der Waals surface area contributed by atoms with E-state index in [1.54, 1.807) is 0 Å². The van der Waals surface area contributed by atoms with Crippen molar-refractivity contribution in [2.75, 3.05) is 6.61 Å². The van der Waals surface area contributed by atoms with Gasteiger partial charge in [-0.2, -0.15) is 0 Å². The van der Waals surface area contributed by atoms with E-state index in [0.717, 1.165) is 19.3 Å². The molecule has 0 aromatic carbocycles. The van der Waals surface area contributed by atoms with Gasteiger partial charge in [-0.25, -0.2) is 0 Å². The van der Waals surface area contributed by atoms with E-state index in [1.807, 2.05) is 6.08 Å². The molecule has 1 heteroatoms. The number of rotatable bonds is 5. The monoisotopic (exact) mass is 126 g/mol. The zero-order valence-corrected chi connectivity index (χ0v) is 5.71. The molecule has 0 aliphatic rings. The summed E-state index contributed by atoms with van der Waals surface area (Å²) in [6.07, 6.45) is 8.76. The molecule has 0 aliphatic heterocycles. The molecule has 1 N–H and O–H groups in total. The molecular weight excluding hydrogens is 112 g/mol. The van der Waals surface area contributed by atoms with Crippen molar-refractivity contribution in [1.29, 1.82) is 0 Å². The normalized spacial score (nSPS) is 10.3. The van der Waals surface area contributed by atoms with E-state index in [2.05, 4.69) is 18.7 Å². The number of unbranched alkanes of at least 4 members (excludes halogenated alkanes) is 1. The molecule has 0 spiro atoms. The van der Waals surface area contributed by atoms with Crippen molar-refractivity contribution >= 4 is 0 Å². The molecule has 0 unspecified atom stereocenters. The highest BCUT2D eigenvalue weighted by atomic mass is 16.2. The summed E-state index contributed by atoms with van der Waals surface area (Å²) in [5.41, 5.74) is 0. The third-order valence-corrected chi connectivity index (χ3v) is 0.998. The van der Waals surface area contributed by atoms with Gasteiger partial charge in [-0.15, -0.1) is 6.58 Å². The summed E-state index contributed by atoms with van der Waals surface area (Å²) >= 11 is 0. The Kier molecular flexibility index (Phi) is 6.98. The molecule has 0 radical (unpaired) electrons. The standard InChI is InChI=1S/C8H14O/c1-2-3-4-5-6-7-8-9/h2,4-5,9H,1,3,6-8H2/b5-4+. The molecule has 0 atom stereocenters. The second-order valence-corrected chi connectivity index (χ2v) is 1.86. The molecule has 0 saturated carbocycles. The van der Waals surface area contributed by atoms with Crippen molar-refractivity contribution in [2.45, 2.75) is 19.3 Å². The summed E-state index contributed by atoms with van der Waals surface area (Å²) in [6.45, 7) is 3.87. The molecule has 0 amide bonds. The Morgan fingerprint density at radius 3 is 2.67 bits per heavy atom. The maximum absolute atomic E-state index is 8.37. The van der Waals surface area contributed by atoms with Crippen LogP contribution < -0.4 is 0 Å². The van der Waals surface area contributed by atoms with Crippen LogP contribution in [0.5, 0.6) is 0 Å². The van der Waals surface area contributed by atoms with Crippen LogP contribution in [0.15, 0.2) is 24.8 Å². The lowest BCUT2D eigenvalue weighted by Gasteiger charge is -1.85. The molecule has 0 aliphatic carbocycles. The molecule has 1 nitrogen and oxygen atoms in total. The van der Waals surface area contributed by atoms with Crippen molar-refractivity contribution in [3.05, 3.63) is 24.8 Å². The molecular formula is C8H14O. The van der Waals surface area contributed by atoms with Gasteiger partial charge in [0.05, 0.1) is 0 Å². The lowest BCUT2D eigenvalue weighted by Crippen LogP contribution is -1.77. The van der Waals surface area contributed by atoms with Gasteiger partial charge >= 0.3 is 0 Å². The van der Waals surface area contributed by atoms with E-state index in [9.17, 15) is 0 Å². The van der Waals surface area contributed by atoms with Gasteiger partial charge in [0.15, 0.2) is 0 Å². The summed E-state index contributed by atoms with van der Waals surface area (Å²) in [5, 5.41) is 8.37. The SMILES string of the molecule is C=CC/C=C/CCCO. The Bertz CT molecular complexity index is 84.6. The number of aliphatic hydroxyl groups excluding tert-OH is 1. The third-order valence-electron chi connectivity index (χ3n) is 0.998. The highest BCUT2D eigenvalue weighted by Gasteiger charge is 1.76. The first-order chi connectivity index (χ1) is 4.41. The van der Waals surface area contributed by atoms with Gasteiger partial charge in [-0.1, -0.05) is 18.2 Å². The first-order valence-electron chi connectivity index (χ1n) is 3.28. The smallest absolute Gasteiger partial charge is 0.0433 e. The second kappa shape index (κ2) is 7.44. The first kappa shape index (κ1) is 8.44. The van der Waals surface area contributed by atoms with Gasteiger partial charge in [0.25, 0.3) is 0 Å². The van der Waals surface area contributed by atoms with Crippen molar-refractivity contribution in [3.8, 4) is 0 Å². The van der Waals surface area contributed by atoms with E-state index in [4.69, 9.17) is 5.11 Å². The Morgan fingerprint density at radius 2 is 2.11 bits per heavy atom. The van der Waals surface area contributed by atoms with Gasteiger partial charge in [0, 0.05) is 6.61 Å².